The molecule has 0 spiro atoms. The Morgan fingerprint density at radius 3 is 2.58 bits per heavy atom. The van der Waals surface area contributed by atoms with Gasteiger partial charge < -0.3 is 10.0 Å². The molecule has 3 nitrogen and oxygen atoms in total. The minimum absolute atomic E-state index is 0.00343. The normalized spacial score (nSPS) is 15.1. The van der Waals surface area contributed by atoms with Crippen molar-refractivity contribution in [2.75, 3.05) is 18.9 Å². The number of aliphatic hydroxyl groups excluding tert-OH is 1. The van der Waals surface area contributed by atoms with Crippen molar-refractivity contribution in [2.45, 2.75) is 30.2 Å². The summed E-state index contributed by atoms with van der Waals surface area (Å²) >= 11 is 1.40. The van der Waals surface area contributed by atoms with Crippen molar-refractivity contribution in [1.82, 2.24) is 4.90 Å². The van der Waals surface area contributed by atoms with Crippen LogP contribution < -0.4 is 0 Å². The molecule has 1 aliphatic rings. The first kappa shape index (κ1) is 14.3. The summed E-state index contributed by atoms with van der Waals surface area (Å²) in [7, 11) is 0. The quantitative estimate of drug-likeness (QED) is 0.814. The number of carbonyl (C=O) groups excluding carboxylic acids is 1. The highest BCUT2D eigenvalue weighted by Gasteiger charge is 2.27. The van der Waals surface area contributed by atoms with Gasteiger partial charge in [-0.05, 0) is 43.5 Å². The van der Waals surface area contributed by atoms with Gasteiger partial charge in [0, 0.05) is 17.5 Å². The van der Waals surface area contributed by atoms with E-state index in [1.54, 1.807) is 17.0 Å². The minimum Gasteiger partial charge on any atom is -0.395 e. The molecule has 19 heavy (non-hydrogen) atoms. The van der Waals surface area contributed by atoms with E-state index in [4.69, 9.17) is 5.11 Å². The van der Waals surface area contributed by atoms with E-state index in [2.05, 4.69) is 0 Å². The van der Waals surface area contributed by atoms with Gasteiger partial charge in [-0.1, -0.05) is 0 Å². The second-order valence-electron chi connectivity index (χ2n) is 4.64. The van der Waals surface area contributed by atoms with Crippen molar-refractivity contribution >= 4 is 17.7 Å². The van der Waals surface area contributed by atoms with Crippen molar-refractivity contribution in [2.24, 2.45) is 0 Å². The maximum Gasteiger partial charge on any atom is 0.233 e. The molecule has 0 saturated heterocycles. The molecular weight excluding hydrogens is 265 g/mol. The highest BCUT2D eigenvalue weighted by molar-refractivity contribution is 8.00. The third-order valence-electron chi connectivity index (χ3n) is 3.35. The zero-order valence-corrected chi connectivity index (χ0v) is 11.5. The summed E-state index contributed by atoms with van der Waals surface area (Å²) < 4.78 is 12.8. The van der Waals surface area contributed by atoms with Crippen molar-refractivity contribution in [1.29, 1.82) is 0 Å². The van der Waals surface area contributed by atoms with Gasteiger partial charge in [0.05, 0.1) is 12.4 Å². The number of halogens is 1. The first-order valence-electron chi connectivity index (χ1n) is 6.49. The lowest BCUT2D eigenvalue weighted by Crippen LogP contribution is -2.46. The second-order valence-corrected chi connectivity index (χ2v) is 5.69. The molecule has 0 heterocycles. The van der Waals surface area contributed by atoms with Crippen molar-refractivity contribution in [3.8, 4) is 0 Å². The first-order valence-corrected chi connectivity index (χ1v) is 7.48. The molecule has 5 heteroatoms. The van der Waals surface area contributed by atoms with Crippen LogP contribution in [0.3, 0.4) is 0 Å². The number of rotatable bonds is 6. The molecule has 1 saturated carbocycles. The number of amides is 1. The van der Waals surface area contributed by atoms with E-state index in [9.17, 15) is 9.18 Å². The van der Waals surface area contributed by atoms with Crippen LogP contribution in [0.1, 0.15) is 19.3 Å². The monoisotopic (exact) mass is 283 g/mol. The molecule has 0 bridgehead atoms. The maximum atomic E-state index is 12.8. The van der Waals surface area contributed by atoms with E-state index in [0.29, 0.717) is 18.3 Å². The fourth-order valence-corrected chi connectivity index (χ4v) is 2.86. The van der Waals surface area contributed by atoms with Gasteiger partial charge in [0.1, 0.15) is 5.82 Å². The van der Waals surface area contributed by atoms with Gasteiger partial charge in [-0.3, -0.25) is 4.79 Å². The van der Waals surface area contributed by atoms with E-state index < -0.39 is 0 Å². The summed E-state index contributed by atoms with van der Waals surface area (Å²) in [5.41, 5.74) is 0. The maximum absolute atomic E-state index is 12.8. The molecule has 1 aromatic rings. The van der Waals surface area contributed by atoms with Crippen molar-refractivity contribution in [3.05, 3.63) is 30.1 Å². The average molecular weight is 283 g/mol. The number of hydrogen-bond donors (Lipinski definition) is 1. The van der Waals surface area contributed by atoms with Gasteiger partial charge in [0.25, 0.3) is 0 Å². The highest BCUT2D eigenvalue weighted by atomic mass is 32.2. The van der Waals surface area contributed by atoms with Gasteiger partial charge >= 0.3 is 0 Å². The largest absolute Gasteiger partial charge is 0.395 e. The van der Waals surface area contributed by atoms with Gasteiger partial charge in [0.15, 0.2) is 0 Å². The molecule has 0 aromatic heterocycles. The van der Waals surface area contributed by atoms with E-state index in [-0.39, 0.29) is 18.3 Å². The number of carbonyl (C=O) groups is 1. The second kappa shape index (κ2) is 6.91. The zero-order chi connectivity index (χ0) is 13.7. The van der Waals surface area contributed by atoms with Crippen LogP contribution in [0.4, 0.5) is 4.39 Å². The van der Waals surface area contributed by atoms with Crippen LogP contribution in [-0.2, 0) is 4.79 Å². The van der Waals surface area contributed by atoms with Gasteiger partial charge in [0.2, 0.25) is 5.91 Å². The predicted molar refractivity (Wildman–Crippen MR) is 73.6 cm³/mol. The Morgan fingerprint density at radius 2 is 2.05 bits per heavy atom. The standard InChI is InChI=1S/C14H18FNO2S/c15-11-4-6-13(7-5-11)19-10-14(18)16(8-9-17)12-2-1-3-12/h4-7,12,17H,1-3,8-10H2. The van der Waals surface area contributed by atoms with Crippen LogP contribution in [0.25, 0.3) is 0 Å². The summed E-state index contributed by atoms with van der Waals surface area (Å²) in [6, 6.07) is 6.43. The molecule has 1 amide bonds. The van der Waals surface area contributed by atoms with Gasteiger partial charge in [-0.25, -0.2) is 4.39 Å². The predicted octanol–water partition coefficient (Wildman–Crippen LogP) is 2.29. The number of aliphatic hydroxyl groups is 1. The number of thioether (sulfide) groups is 1. The molecule has 1 aromatic carbocycles. The molecule has 2 rings (SSSR count). The zero-order valence-electron chi connectivity index (χ0n) is 10.7. The topological polar surface area (TPSA) is 40.5 Å². The molecular formula is C14H18FNO2S. The summed E-state index contributed by atoms with van der Waals surface area (Å²) in [6.07, 6.45) is 3.23. The Hall–Kier alpha value is -1.07. The molecule has 1 fully saturated rings. The van der Waals surface area contributed by atoms with Crippen molar-refractivity contribution in [3.63, 3.8) is 0 Å². The number of nitrogens with zero attached hydrogens (tertiary/aromatic N) is 1. The average Bonchev–Trinajstić information content (AvgIpc) is 2.35. The lowest BCUT2D eigenvalue weighted by Gasteiger charge is -2.37. The molecule has 1 aliphatic carbocycles. The Kier molecular flexibility index (Phi) is 5.22. The van der Waals surface area contributed by atoms with Gasteiger partial charge in [-0.2, -0.15) is 0 Å². The fourth-order valence-electron chi connectivity index (χ4n) is 2.08. The summed E-state index contributed by atoms with van der Waals surface area (Å²) in [5.74, 6) is 0.113. The molecule has 104 valence electrons. The van der Waals surface area contributed by atoms with Crippen LogP contribution in [0.2, 0.25) is 0 Å². The van der Waals surface area contributed by atoms with Crippen LogP contribution in [-0.4, -0.2) is 40.9 Å². The SMILES string of the molecule is O=C(CSc1ccc(F)cc1)N(CCO)C1CCC1. The van der Waals surface area contributed by atoms with Crippen molar-refractivity contribution < 1.29 is 14.3 Å². The third-order valence-corrected chi connectivity index (χ3v) is 4.35. The Morgan fingerprint density at radius 1 is 1.37 bits per heavy atom. The lowest BCUT2D eigenvalue weighted by molar-refractivity contribution is -0.132. The third kappa shape index (κ3) is 3.94. The fraction of sp³-hybridized carbons (Fsp3) is 0.500. The van der Waals surface area contributed by atoms with Crippen LogP contribution in [0.15, 0.2) is 29.2 Å². The Bertz CT molecular complexity index is 420. The molecule has 1 N–H and O–H groups in total. The summed E-state index contributed by atoms with van der Waals surface area (Å²) in [6.45, 7) is 0.414. The molecule has 0 aliphatic heterocycles. The Labute approximate surface area is 116 Å². The number of benzene rings is 1. The summed E-state index contributed by atoms with van der Waals surface area (Å²) in [4.78, 5) is 14.8. The Balaban J connectivity index is 1.86. The minimum atomic E-state index is -0.271. The molecule has 0 radical (unpaired) electrons. The van der Waals surface area contributed by atoms with E-state index in [1.165, 1.54) is 23.9 Å². The van der Waals surface area contributed by atoms with Crippen LogP contribution in [0, 0.1) is 5.82 Å². The smallest absolute Gasteiger partial charge is 0.233 e. The van der Waals surface area contributed by atoms with Gasteiger partial charge in [-0.15, -0.1) is 11.8 Å². The molecule has 0 atom stereocenters. The van der Waals surface area contributed by atoms with Crippen LogP contribution in [0.5, 0.6) is 0 Å². The van der Waals surface area contributed by atoms with E-state index >= 15 is 0 Å². The lowest BCUT2D eigenvalue weighted by atomic mass is 9.91. The van der Waals surface area contributed by atoms with Crippen LogP contribution >= 0.6 is 11.8 Å². The molecule has 0 unspecified atom stereocenters. The van der Waals surface area contributed by atoms with E-state index in [0.717, 1.165) is 24.2 Å². The highest BCUT2D eigenvalue weighted by Crippen LogP contribution is 2.26. The summed E-state index contributed by atoms with van der Waals surface area (Å²) in [5, 5.41) is 9.03. The van der Waals surface area contributed by atoms with E-state index in [1.807, 2.05) is 0 Å². The number of hydrogen-bond acceptors (Lipinski definition) is 3. The first-order chi connectivity index (χ1) is 9.20.